The van der Waals surface area contributed by atoms with E-state index in [1.807, 2.05) is 18.2 Å². The standard InChI is InChI=1S/C23H29N3O5S/c1-18(23(27)25-12-10-24(11-13-25)17-19-6-4-3-5-7-19)26(32(2,28)29)20-8-9-21-22(16-20)31-15-14-30-21/h3-9,16,18H,10-15,17H2,1-2H3/t18-/m0/s1. The maximum absolute atomic E-state index is 13.3. The number of fused-ring (bicyclic) bond motifs is 1. The van der Waals surface area contributed by atoms with Crippen molar-refractivity contribution in [2.45, 2.75) is 19.5 Å². The minimum Gasteiger partial charge on any atom is -0.486 e. The topological polar surface area (TPSA) is 79.4 Å². The lowest BCUT2D eigenvalue weighted by Gasteiger charge is -2.38. The van der Waals surface area contributed by atoms with Crippen LogP contribution in [0, 0.1) is 0 Å². The van der Waals surface area contributed by atoms with E-state index in [1.165, 1.54) is 9.87 Å². The zero-order valence-electron chi connectivity index (χ0n) is 18.4. The largest absolute Gasteiger partial charge is 0.486 e. The van der Waals surface area contributed by atoms with Gasteiger partial charge in [-0.25, -0.2) is 8.42 Å². The highest BCUT2D eigenvalue weighted by atomic mass is 32.2. The highest BCUT2D eigenvalue weighted by Gasteiger charge is 2.34. The minimum atomic E-state index is -3.70. The van der Waals surface area contributed by atoms with Gasteiger partial charge in [-0.15, -0.1) is 0 Å². The molecule has 32 heavy (non-hydrogen) atoms. The first-order chi connectivity index (χ1) is 15.3. The Hall–Kier alpha value is -2.78. The summed E-state index contributed by atoms with van der Waals surface area (Å²) in [4.78, 5) is 17.3. The number of hydrogen-bond acceptors (Lipinski definition) is 6. The van der Waals surface area contributed by atoms with Gasteiger partial charge in [-0.05, 0) is 24.6 Å². The Morgan fingerprint density at radius 3 is 2.31 bits per heavy atom. The van der Waals surface area contributed by atoms with Gasteiger partial charge in [0.2, 0.25) is 15.9 Å². The average Bonchev–Trinajstić information content (AvgIpc) is 2.79. The van der Waals surface area contributed by atoms with E-state index in [2.05, 4.69) is 17.0 Å². The number of amides is 1. The van der Waals surface area contributed by atoms with E-state index in [1.54, 1.807) is 30.0 Å². The molecule has 2 aromatic rings. The Morgan fingerprint density at radius 1 is 1.00 bits per heavy atom. The lowest BCUT2D eigenvalue weighted by atomic mass is 10.2. The number of anilines is 1. The van der Waals surface area contributed by atoms with Crippen LogP contribution in [0.25, 0.3) is 0 Å². The van der Waals surface area contributed by atoms with E-state index >= 15 is 0 Å². The third kappa shape index (κ3) is 4.99. The highest BCUT2D eigenvalue weighted by molar-refractivity contribution is 7.92. The Morgan fingerprint density at radius 2 is 1.66 bits per heavy atom. The maximum Gasteiger partial charge on any atom is 0.246 e. The van der Waals surface area contributed by atoms with Crippen LogP contribution >= 0.6 is 0 Å². The first-order valence-corrected chi connectivity index (χ1v) is 12.6. The number of sulfonamides is 1. The van der Waals surface area contributed by atoms with Crippen LogP contribution in [0.4, 0.5) is 5.69 Å². The van der Waals surface area contributed by atoms with Crippen LogP contribution in [0.15, 0.2) is 48.5 Å². The van der Waals surface area contributed by atoms with Crippen LogP contribution in [0.5, 0.6) is 11.5 Å². The number of piperazine rings is 1. The molecule has 9 heteroatoms. The molecule has 172 valence electrons. The van der Waals surface area contributed by atoms with Crippen molar-refractivity contribution in [2.75, 3.05) is 50.0 Å². The fraction of sp³-hybridized carbons (Fsp3) is 0.435. The fourth-order valence-corrected chi connectivity index (χ4v) is 5.37. The number of nitrogens with zero attached hydrogens (tertiary/aromatic N) is 3. The molecule has 4 rings (SSSR count). The van der Waals surface area contributed by atoms with E-state index in [9.17, 15) is 13.2 Å². The number of ether oxygens (including phenoxy) is 2. The number of carbonyl (C=O) groups excluding carboxylic acids is 1. The van der Waals surface area contributed by atoms with E-state index in [4.69, 9.17) is 9.47 Å². The van der Waals surface area contributed by atoms with Gasteiger partial charge in [-0.3, -0.25) is 14.0 Å². The van der Waals surface area contributed by atoms with Crippen LogP contribution in [-0.4, -0.2) is 75.8 Å². The van der Waals surface area contributed by atoms with Gasteiger partial charge in [0, 0.05) is 38.8 Å². The summed E-state index contributed by atoms with van der Waals surface area (Å²) < 4.78 is 37.6. The molecule has 0 saturated carbocycles. The number of benzene rings is 2. The fourth-order valence-electron chi connectivity index (χ4n) is 4.20. The van der Waals surface area contributed by atoms with Crippen molar-refractivity contribution < 1.29 is 22.7 Å². The summed E-state index contributed by atoms with van der Waals surface area (Å²) in [6.45, 7) is 5.95. The first kappa shape index (κ1) is 22.4. The van der Waals surface area contributed by atoms with Crippen molar-refractivity contribution in [2.24, 2.45) is 0 Å². The summed E-state index contributed by atoms with van der Waals surface area (Å²) in [5, 5.41) is 0. The zero-order chi connectivity index (χ0) is 22.7. The first-order valence-electron chi connectivity index (χ1n) is 10.8. The summed E-state index contributed by atoms with van der Waals surface area (Å²) in [6.07, 6.45) is 1.12. The molecule has 2 aliphatic heterocycles. The molecule has 0 radical (unpaired) electrons. The van der Waals surface area contributed by atoms with Gasteiger partial charge >= 0.3 is 0 Å². The normalized spacial score (nSPS) is 17.6. The summed E-state index contributed by atoms with van der Waals surface area (Å²) in [5.41, 5.74) is 1.63. The second kappa shape index (κ2) is 9.38. The van der Waals surface area contributed by atoms with E-state index < -0.39 is 16.1 Å². The molecule has 0 aliphatic carbocycles. The summed E-state index contributed by atoms with van der Waals surface area (Å²) >= 11 is 0. The van der Waals surface area contributed by atoms with E-state index in [0.29, 0.717) is 43.5 Å². The molecular formula is C23H29N3O5S. The van der Waals surface area contributed by atoms with E-state index in [0.717, 1.165) is 25.9 Å². The molecule has 0 aromatic heterocycles. The molecule has 1 saturated heterocycles. The maximum atomic E-state index is 13.3. The second-order valence-corrected chi connectivity index (χ2v) is 10.0. The van der Waals surface area contributed by atoms with Crippen LogP contribution in [0.2, 0.25) is 0 Å². The van der Waals surface area contributed by atoms with E-state index in [-0.39, 0.29) is 5.91 Å². The smallest absolute Gasteiger partial charge is 0.246 e. The molecule has 2 aliphatic rings. The van der Waals surface area contributed by atoms with Gasteiger partial charge in [0.05, 0.1) is 11.9 Å². The van der Waals surface area contributed by atoms with Gasteiger partial charge in [-0.2, -0.15) is 0 Å². The van der Waals surface area contributed by atoms with Crippen molar-refractivity contribution in [1.82, 2.24) is 9.80 Å². The van der Waals surface area contributed by atoms with Gasteiger partial charge in [0.15, 0.2) is 11.5 Å². The molecule has 0 N–H and O–H groups in total. The molecule has 2 aromatic carbocycles. The van der Waals surface area contributed by atoms with Gasteiger partial charge in [-0.1, -0.05) is 30.3 Å². The van der Waals surface area contributed by atoms with Gasteiger partial charge < -0.3 is 14.4 Å². The Kier molecular flexibility index (Phi) is 6.57. The Bertz CT molecular complexity index is 1050. The molecule has 0 bridgehead atoms. The Labute approximate surface area is 189 Å². The molecule has 1 fully saturated rings. The lowest BCUT2D eigenvalue weighted by Crippen LogP contribution is -2.55. The van der Waals surface area contributed by atoms with Crippen molar-refractivity contribution in [3.05, 3.63) is 54.1 Å². The predicted octanol–water partition coefficient (Wildman–Crippen LogP) is 1.96. The van der Waals surface area contributed by atoms with Crippen LogP contribution in [-0.2, 0) is 21.4 Å². The predicted molar refractivity (Wildman–Crippen MR) is 123 cm³/mol. The van der Waals surface area contributed by atoms with Crippen molar-refractivity contribution >= 4 is 21.6 Å². The van der Waals surface area contributed by atoms with Crippen LogP contribution in [0.3, 0.4) is 0 Å². The van der Waals surface area contributed by atoms with Crippen LogP contribution < -0.4 is 13.8 Å². The lowest BCUT2D eigenvalue weighted by molar-refractivity contribution is -0.133. The SMILES string of the molecule is C[C@@H](C(=O)N1CCN(Cc2ccccc2)CC1)N(c1ccc2c(c1)OCCO2)S(C)(=O)=O. The summed E-state index contributed by atoms with van der Waals surface area (Å²) in [5.74, 6) is 0.850. The molecular weight excluding hydrogens is 430 g/mol. The molecule has 1 atom stereocenters. The van der Waals surface area contributed by atoms with Crippen molar-refractivity contribution in [1.29, 1.82) is 0 Å². The number of carbonyl (C=O) groups is 1. The zero-order valence-corrected chi connectivity index (χ0v) is 19.3. The second-order valence-electron chi connectivity index (χ2n) is 8.15. The molecule has 2 heterocycles. The monoisotopic (exact) mass is 459 g/mol. The number of rotatable bonds is 6. The van der Waals surface area contributed by atoms with Crippen LogP contribution in [0.1, 0.15) is 12.5 Å². The van der Waals surface area contributed by atoms with Crippen molar-refractivity contribution in [3.8, 4) is 11.5 Å². The Balaban J connectivity index is 1.45. The van der Waals surface area contributed by atoms with Gasteiger partial charge in [0.1, 0.15) is 19.3 Å². The summed E-state index contributed by atoms with van der Waals surface area (Å²) in [7, 11) is -3.70. The van der Waals surface area contributed by atoms with Crippen molar-refractivity contribution in [3.63, 3.8) is 0 Å². The minimum absolute atomic E-state index is 0.204. The molecule has 8 nitrogen and oxygen atoms in total. The quantitative estimate of drug-likeness (QED) is 0.657. The third-order valence-corrected chi connectivity index (χ3v) is 7.02. The third-order valence-electron chi connectivity index (χ3n) is 5.78. The number of hydrogen-bond donors (Lipinski definition) is 0. The molecule has 1 amide bonds. The average molecular weight is 460 g/mol. The summed E-state index contributed by atoms with van der Waals surface area (Å²) in [6, 6.07) is 14.3. The van der Waals surface area contributed by atoms with Gasteiger partial charge in [0.25, 0.3) is 0 Å². The highest BCUT2D eigenvalue weighted by Crippen LogP contribution is 2.35. The molecule has 0 unspecified atom stereocenters. The molecule has 0 spiro atoms.